The van der Waals surface area contributed by atoms with Gasteiger partial charge >= 0.3 is 0 Å². The fraction of sp³-hybridized carbons (Fsp3) is 0.800. The molecule has 0 aromatic carbocycles. The average Bonchev–Trinajstić information content (AvgIpc) is 2.64. The van der Waals surface area contributed by atoms with Crippen LogP contribution in [0.5, 0.6) is 0 Å². The first kappa shape index (κ1) is 15.8. The van der Waals surface area contributed by atoms with Crippen molar-refractivity contribution < 1.29 is 0 Å². The van der Waals surface area contributed by atoms with Crippen molar-refractivity contribution in [3.63, 3.8) is 0 Å². The Morgan fingerprint density at radius 3 is 2.52 bits per heavy atom. The standard InChI is InChI=1S/C15H28N6/c1-5-16-13-18-14(20-15(19-13)21(3)4)17-12-8-6-7-11(2)9-10-12/h11-12H,5-10H2,1-4H3,(H2,16,17,18,19,20). The number of hydrogen-bond acceptors (Lipinski definition) is 6. The molecule has 2 atom stereocenters. The summed E-state index contributed by atoms with van der Waals surface area (Å²) < 4.78 is 0. The lowest BCUT2D eigenvalue weighted by Gasteiger charge is -2.18. The van der Waals surface area contributed by atoms with E-state index in [1.165, 1.54) is 32.1 Å². The Bertz CT molecular complexity index is 448. The quantitative estimate of drug-likeness (QED) is 0.814. The third-order valence-corrected chi connectivity index (χ3v) is 3.95. The van der Waals surface area contributed by atoms with E-state index >= 15 is 0 Å². The van der Waals surface area contributed by atoms with Gasteiger partial charge in [-0.2, -0.15) is 15.0 Å². The lowest BCUT2D eigenvalue weighted by atomic mass is 10.0. The van der Waals surface area contributed by atoms with Gasteiger partial charge in [0, 0.05) is 26.7 Å². The van der Waals surface area contributed by atoms with Crippen LogP contribution in [0.4, 0.5) is 17.8 Å². The first-order valence-corrected chi connectivity index (χ1v) is 8.02. The second-order valence-electron chi connectivity index (χ2n) is 6.16. The molecule has 6 nitrogen and oxygen atoms in total. The van der Waals surface area contributed by atoms with Crippen LogP contribution in [0.15, 0.2) is 0 Å². The van der Waals surface area contributed by atoms with Crippen LogP contribution in [0.25, 0.3) is 0 Å². The smallest absolute Gasteiger partial charge is 0.231 e. The van der Waals surface area contributed by atoms with E-state index in [0.717, 1.165) is 12.5 Å². The molecule has 1 aliphatic rings. The van der Waals surface area contributed by atoms with Crippen molar-refractivity contribution in [3.05, 3.63) is 0 Å². The SMILES string of the molecule is CCNc1nc(NC2CCCC(C)CC2)nc(N(C)C)n1. The van der Waals surface area contributed by atoms with Crippen LogP contribution in [0.2, 0.25) is 0 Å². The third kappa shape index (κ3) is 4.72. The molecular weight excluding hydrogens is 264 g/mol. The topological polar surface area (TPSA) is 66.0 Å². The minimum atomic E-state index is 0.474. The molecule has 0 saturated heterocycles. The monoisotopic (exact) mass is 292 g/mol. The molecule has 1 fully saturated rings. The molecule has 2 rings (SSSR count). The molecule has 118 valence electrons. The highest BCUT2D eigenvalue weighted by Crippen LogP contribution is 2.24. The normalized spacial score (nSPS) is 22.5. The maximum Gasteiger partial charge on any atom is 0.231 e. The summed E-state index contributed by atoms with van der Waals surface area (Å²) in [5, 5.41) is 6.68. The van der Waals surface area contributed by atoms with Gasteiger partial charge in [0.1, 0.15) is 0 Å². The molecule has 0 amide bonds. The highest BCUT2D eigenvalue weighted by molar-refractivity contribution is 5.43. The lowest BCUT2D eigenvalue weighted by Crippen LogP contribution is -2.22. The molecule has 1 aromatic heterocycles. The molecule has 1 aliphatic carbocycles. The van der Waals surface area contributed by atoms with E-state index in [4.69, 9.17) is 0 Å². The first-order valence-electron chi connectivity index (χ1n) is 8.02. The van der Waals surface area contributed by atoms with Gasteiger partial charge in [0.05, 0.1) is 0 Å². The van der Waals surface area contributed by atoms with Crippen LogP contribution in [-0.4, -0.2) is 41.6 Å². The average molecular weight is 292 g/mol. The molecule has 0 aliphatic heterocycles. The molecule has 0 radical (unpaired) electrons. The Hall–Kier alpha value is -1.59. The Morgan fingerprint density at radius 1 is 1.05 bits per heavy atom. The molecule has 1 heterocycles. The molecule has 6 heteroatoms. The van der Waals surface area contributed by atoms with Gasteiger partial charge in [0.25, 0.3) is 0 Å². The van der Waals surface area contributed by atoms with E-state index in [2.05, 4.69) is 32.5 Å². The number of hydrogen-bond donors (Lipinski definition) is 2. The van der Waals surface area contributed by atoms with E-state index in [0.29, 0.717) is 23.9 Å². The van der Waals surface area contributed by atoms with E-state index in [9.17, 15) is 0 Å². The molecule has 21 heavy (non-hydrogen) atoms. The predicted octanol–water partition coefficient (Wildman–Crippen LogP) is 2.75. The Kier molecular flexibility index (Phi) is 5.59. The second kappa shape index (κ2) is 7.43. The molecule has 2 N–H and O–H groups in total. The maximum absolute atomic E-state index is 4.51. The van der Waals surface area contributed by atoms with E-state index < -0.39 is 0 Å². The van der Waals surface area contributed by atoms with Crippen LogP contribution < -0.4 is 15.5 Å². The van der Waals surface area contributed by atoms with E-state index in [-0.39, 0.29) is 0 Å². The van der Waals surface area contributed by atoms with Crippen molar-refractivity contribution in [2.75, 3.05) is 36.2 Å². The zero-order valence-corrected chi connectivity index (χ0v) is 13.7. The molecule has 1 saturated carbocycles. The summed E-state index contributed by atoms with van der Waals surface area (Å²) in [5.41, 5.74) is 0. The van der Waals surface area contributed by atoms with Crippen LogP contribution in [-0.2, 0) is 0 Å². The van der Waals surface area contributed by atoms with Gasteiger partial charge in [-0.25, -0.2) is 0 Å². The minimum absolute atomic E-state index is 0.474. The van der Waals surface area contributed by atoms with Crippen molar-refractivity contribution in [1.29, 1.82) is 0 Å². The van der Waals surface area contributed by atoms with Crippen LogP contribution in [0.3, 0.4) is 0 Å². The zero-order valence-electron chi connectivity index (χ0n) is 13.7. The van der Waals surface area contributed by atoms with Crippen molar-refractivity contribution in [2.45, 2.75) is 52.0 Å². The summed E-state index contributed by atoms with van der Waals surface area (Å²) >= 11 is 0. The number of anilines is 3. The van der Waals surface area contributed by atoms with Gasteiger partial charge in [0.15, 0.2) is 0 Å². The molecule has 1 aromatic rings. The highest BCUT2D eigenvalue weighted by atomic mass is 15.3. The Labute approximate surface area is 127 Å². The van der Waals surface area contributed by atoms with Gasteiger partial charge in [-0.15, -0.1) is 0 Å². The summed E-state index contributed by atoms with van der Waals surface area (Å²) in [6, 6.07) is 0.474. The highest BCUT2D eigenvalue weighted by Gasteiger charge is 2.17. The molecule has 2 unspecified atom stereocenters. The van der Waals surface area contributed by atoms with Crippen molar-refractivity contribution in [1.82, 2.24) is 15.0 Å². The summed E-state index contributed by atoms with van der Waals surface area (Å²) in [5.74, 6) is 2.85. The van der Waals surface area contributed by atoms with Crippen LogP contribution >= 0.6 is 0 Å². The summed E-state index contributed by atoms with van der Waals surface area (Å²) in [7, 11) is 3.89. The van der Waals surface area contributed by atoms with Gasteiger partial charge in [-0.1, -0.05) is 19.8 Å². The Balaban J connectivity index is 2.10. The fourth-order valence-corrected chi connectivity index (χ4v) is 2.68. The van der Waals surface area contributed by atoms with Gasteiger partial charge in [-0.05, 0) is 32.1 Å². The largest absolute Gasteiger partial charge is 0.354 e. The van der Waals surface area contributed by atoms with Crippen LogP contribution in [0.1, 0.15) is 46.0 Å². The Morgan fingerprint density at radius 2 is 1.81 bits per heavy atom. The van der Waals surface area contributed by atoms with E-state index in [1.54, 1.807) is 0 Å². The van der Waals surface area contributed by atoms with Crippen molar-refractivity contribution in [2.24, 2.45) is 5.92 Å². The summed E-state index contributed by atoms with van der Waals surface area (Å²) in [6.07, 6.45) is 6.29. The number of aromatic nitrogens is 3. The number of nitrogens with zero attached hydrogens (tertiary/aromatic N) is 4. The fourth-order valence-electron chi connectivity index (χ4n) is 2.68. The number of rotatable bonds is 5. The van der Waals surface area contributed by atoms with Gasteiger partial charge < -0.3 is 15.5 Å². The van der Waals surface area contributed by atoms with Crippen LogP contribution in [0, 0.1) is 5.92 Å². The van der Waals surface area contributed by atoms with E-state index in [1.807, 2.05) is 25.9 Å². The first-order chi connectivity index (χ1) is 10.1. The molecule has 0 spiro atoms. The summed E-state index contributed by atoms with van der Waals surface area (Å²) in [6.45, 7) is 5.19. The predicted molar refractivity (Wildman–Crippen MR) is 88.0 cm³/mol. The lowest BCUT2D eigenvalue weighted by molar-refractivity contribution is 0.501. The molecular formula is C15H28N6. The number of nitrogens with one attached hydrogen (secondary N) is 2. The third-order valence-electron chi connectivity index (χ3n) is 3.95. The van der Waals surface area contributed by atoms with Gasteiger partial charge in [-0.3, -0.25) is 0 Å². The zero-order chi connectivity index (χ0) is 15.2. The van der Waals surface area contributed by atoms with Crippen molar-refractivity contribution in [3.8, 4) is 0 Å². The second-order valence-corrected chi connectivity index (χ2v) is 6.16. The maximum atomic E-state index is 4.51. The van der Waals surface area contributed by atoms with Gasteiger partial charge in [0.2, 0.25) is 17.8 Å². The minimum Gasteiger partial charge on any atom is -0.354 e. The summed E-state index contributed by atoms with van der Waals surface area (Å²) in [4.78, 5) is 15.3. The molecule has 0 bridgehead atoms. The van der Waals surface area contributed by atoms with Crippen molar-refractivity contribution >= 4 is 17.8 Å².